The Morgan fingerprint density at radius 3 is 2.52 bits per heavy atom. The summed E-state index contributed by atoms with van der Waals surface area (Å²) in [5.74, 6) is -1.70. The maximum Gasteiger partial charge on any atom is 0.335 e. The van der Waals surface area contributed by atoms with Crippen LogP contribution in [-0.4, -0.2) is 17.0 Å². The Bertz CT molecular complexity index is 1180. The van der Waals surface area contributed by atoms with Crippen molar-refractivity contribution in [2.24, 2.45) is 0 Å². The van der Waals surface area contributed by atoms with Crippen LogP contribution in [0.15, 0.2) is 78.4 Å². The van der Waals surface area contributed by atoms with Crippen molar-refractivity contribution < 1.29 is 23.8 Å². The van der Waals surface area contributed by atoms with E-state index >= 15 is 0 Å². The van der Waals surface area contributed by atoms with Crippen LogP contribution >= 0.6 is 0 Å². The van der Waals surface area contributed by atoms with E-state index in [-0.39, 0.29) is 29.2 Å². The molecule has 3 rings (SSSR count). The number of aromatic carboxylic acids is 1. The van der Waals surface area contributed by atoms with E-state index < -0.39 is 11.9 Å². The molecule has 6 nitrogen and oxygen atoms in total. The molecular formula is C24H17FN2O4. The first-order chi connectivity index (χ1) is 15.0. The summed E-state index contributed by atoms with van der Waals surface area (Å²) in [5, 5.41) is 21.0. The average molecular weight is 416 g/mol. The van der Waals surface area contributed by atoms with Crippen molar-refractivity contribution in [2.45, 2.75) is 6.61 Å². The van der Waals surface area contributed by atoms with Crippen molar-refractivity contribution in [2.75, 3.05) is 5.32 Å². The molecule has 0 atom stereocenters. The van der Waals surface area contributed by atoms with Gasteiger partial charge in [-0.25, -0.2) is 9.18 Å². The lowest BCUT2D eigenvalue weighted by Crippen LogP contribution is -2.14. The molecule has 31 heavy (non-hydrogen) atoms. The van der Waals surface area contributed by atoms with E-state index in [1.54, 1.807) is 36.4 Å². The van der Waals surface area contributed by atoms with Crippen LogP contribution in [0, 0.1) is 17.1 Å². The molecule has 0 aliphatic rings. The Labute approximate surface area is 177 Å². The van der Waals surface area contributed by atoms with Gasteiger partial charge < -0.3 is 15.2 Å². The highest BCUT2D eigenvalue weighted by molar-refractivity contribution is 6.10. The third kappa shape index (κ3) is 5.78. The predicted molar refractivity (Wildman–Crippen MR) is 113 cm³/mol. The molecule has 0 radical (unpaired) electrons. The molecule has 3 aromatic carbocycles. The van der Waals surface area contributed by atoms with Crippen LogP contribution in [0.2, 0.25) is 0 Å². The molecule has 7 heteroatoms. The van der Waals surface area contributed by atoms with Crippen molar-refractivity contribution >= 4 is 23.6 Å². The quantitative estimate of drug-likeness (QED) is 0.431. The van der Waals surface area contributed by atoms with Crippen molar-refractivity contribution in [1.82, 2.24) is 0 Å². The molecule has 0 heterocycles. The number of nitrogens with zero attached hydrogens (tertiary/aromatic N) is 1. The Kier molecular flexibility index (Phi) is 6.76. The molecule has 1 amide bonds. The molecule has 0 aromatic heterocycles. The highest BCUT2D eigenvalue weighted by Gasteiger charge is 2.12. The summed E-state index contributed by atoms with van der Waals surface area (Å²) in [6.45, 7) is 0.182. The molecule has 3 aromatic rings. The standard InChI is InChI=1S/C24H17FN2O4/c25-20-10-8-16(9-11-20)15-31-22-7-2-1-4-17(22)12-19(14-26)23(28)27-21-6-3-5-18(13-21)24(29)30/h1-13H,15H2,(H,27,28)(H,29,30)/b19-12-. The summed E-state index contributed by atoms with van der Waals surface area (Å²) < 4.78 is 18.8. The molecule has 0 aliphatic heterocycles. The lowest BCUT2D eigenvalue weighted by molar-refractivity contribution is -0.112. The monoisotopic (exact) mass is 416 g/mol. The minimum atomic E-state index is -1.13. The number of hydrogen-bond acceptors (Lipinski definition) is 4. The van der Waals surface area contributed by atoms with E-state index in [1.165, 1.54) is 42.5 Å². The molecule has 0 spiro atoms. The molecule has 0 saturated carbocycles. The second-order valence-corrected chi connectivity index (χ2v) is 6.46. The number of nitrogens with one attached hydrogen (secondary N) is 1. The maximum atomic E-state index is 13.0. The number of carboxylic acids is 1. The molecule has 0 fully saturated rings. The predicted octanol–water partition coefficient (Wildman–Crippen LogP) is 4.65. The van der Waals surface area contributed by atoms with Crippen LogP contribution in [0.3, 0.4) is 0 Å². The van der Waals surface area contributed by atoms with Crippen molar-refractivity contribution in [3.8, 4) is 11.8 Å². The number of ether oxygens (including phenoxy) is 1. The molecule has 154 valence electrons. The smallest absolute Gasteiger partial charge is 0.335 e. The average Bonchev–Trinajstić information content (AvgIpc) is 2.77. The summed E-state index contributed by atoms with van der Waals surface area (Å²) in [6.07, 6.45) is 1.39. The SMILES string of the molecule is N#C/C(=C/c1ccccc1OCc1ccc(F)cc1)C(=O)Nc1cccc(C(=O)O)c1. The van der Waals surface area contributed by atoms with Gasteiger partial charge in [0.25, 0.3) is 5.91 Å². The third-order valence-electron chi connectivity index (χ3n) is 4.26. The zero-order valence-corrected chi connectivity index (χ0v) is 16.2. The minimum absolute atomic E-state index is 0.0137. The van der Waals surface area contributed by atoms with Crippen LogP contribution in [-0.2, 0) is 11.4 Å². The molecule has 0 saturated heterocycles. The number of halogens is 1. The van der Waals surface area contributed by atoms with Crippen LogP contribution in [0.5, 0.6) is 5.75 Å². The summed E-state index contributed by atoms with van der Waals surface area (Å²) in [4.78, 5) is 23.6. The Morgan fingerprint density at radius 1 is 1.06 bits per heavy atom. The van der Waals surface area contributed by atoms with Gasteiger partial charge in [-0.05, 0) is 48.0 Å². The van der Waals surface area contributed by atoms with E-state index in [0.717, 1.165) is 5.56 Å². The highest BCUT2D eigenvalue weighted by atomic mass is 19.1. The molecular weight excluding hydrogens is 399 g/mol. The topological polar surface area (TPSA) is 99.4 Å². The van der Waals surface area contributed by atoms with Gasteiger partial charge in [0.2, 0.25) is 0 Å². The molecule has 0 bridgehead atoms. The zero-order chi connectivity index (χ0) is 22.2. The van der Waals surface area contributed by atoms with Gasteiger partial charge in [-0.3, -0.25) is 4.79 Å². The summed E-state index contributed by atoms with van der Waals surface area (Å²) in [7, 11) is 0. The van der Waals surface area contributed by atoms with Gasteiger partial charge in [0.05, 0.1) is 5.56 Å². The Hall–Kier alpha value is -4.44. The Balaban J connectivity index is 1.78. The summed E-state index contributed by atoms with van der Waals surface area (Å²) in [5.41, 5.74) is 1.36. The number of amides is 1. The van der Waals surface area contributed by atoms with E-state index in [0.29, 0.717) is 11.3 Å². The lowest BCUT2D eigenvalue weighted by atomic mass is 10.1. The first kappa shape index (κ1) is 21.3. The molecule has 0 aliphatic carbocycles. The van der Waals surface area contributed by atoms with Gasteiger partial charge in [-0.2, -0.15) is 5.26 Å². The van der Waals surface area contributed by atoms with Crippen LogP contribution in [0.4, 0.5) is 10.1 Å². The van der Waals surface area contributed by atoms with Crippen molar-refractivity contribution in [3.05, 3.63) is 101 Å². The first-order valence-electron chi connectivity index (χ1n) is 9.19. The second-order valence-electron chi connectivity index (χ2n) is 6.46. The molecule has 0 unspecified atom stereocenters. The fraction of sp³-hybridized carbons (Fsp3) is 0.0417. The van der Waals surface area contributed by atoms with Gasteiger partial charge >= 0.3 is 5.97 Å². The number of para-hydroxylation sites is 1. The van der Waals surface area contributed by atoms with E-state index in [1.807, 2.05) is 6.07 Å². The summed E-state index contributed by atoms with van der Waals surface area (Å²) in [6, 6.07) is 20.3. The van der Waals surface area contributed by atoms with Crippen LogP contribution in [0.25, 0.3) is 6.08 Å². The summed E-state index contributed by atoms with van der Waals surface area (Å²) >= 11 is 0. The van der Waals surface area contributed by atoms with Crippen LogP contribution < -0.4 is 10.1 Å². The largest absolute Gasteiger partial charge is 0.488 e. The number of carboxylic acid groups (broad SMARTS) is 1. The fourth-order valence-electron chi connectivity index (χ4n) is 2.71. The normalized spacial score (nSPS) is 10.8. The third-order valence-corrected chi connectivity index (χ3v) is 4.26. The van der Waals surface area contributed by atoms with Crippen molar-refractivity contribution in [1.29, 1.82) is 5.26 Å². The number of nitriles is 1. The van der Waals surface area contributed by atoms with Crippen LogP contribution in [0.1, 0.15) is 21.5 Å². The zero-order valence-electron chi connectivity index (χ0n) is 16.2. The maximum absolute atomic E-state index is 13.0. The molecule has 2 N–H and O–H groups in total. The van der Waals surface area contributed by atoms with E-state index in [2.05, 4.69) is 5.32 Å². The lowest BCUT2D eigenvalue weighted by Gasteiger charge is -2.10. The number of carbonyl (C=O) groups excluding carboxylic acids is 1. The van der Waals surface area contributed by atoms with Gasteiger partial charge in [-0.1, -0.05) is 36.4 Å². The van der Waals surface area contributed by atoms with Gasteiger partial charge in [0, 0.05) is 11.3 Å². The highest BCUT2D eigenvalue weighted by Crippen LogP contribution is 2.23. The van der Waals surface area contributed by atoms with Crippen molar-refractivity contribution in [3.63, 3.8) is 0 Å². The number of benzene rings is 3. The van der Waals surface area contributed by atoms with E-state index in [4.69, 9.17) is 9.84 Å². The fourth-order valence-corrected chi connectivity index (χ4v) is 2.71. The number of hydrogen-bond donors (Lipinski definition) is 2. The Morgan fingerprint density at radius 2 is 1.81 bits per heavy atom. The van der Waals surface area contributed by atoms with Gasteiger partial charge in [0.15, 0.2) is 0 Å². The number of anilines is 1. The number of carbonyl (C=O) groups is 2. The van der Waals surface area contributed by atoms with Gasteiger partial charge in [-0.15, -0.1) is 0 Å². The number of rotatable bonds is 7. The minimum Gasteiger partial charge on any atom is -0.488 e. The van der Waals surface area contributed by atoms with E-state index in [9.17, 15) is 19.2 Å². The van der Waals surface area contributed by atoms with Gasteiger partial charge in [0.1, 0.15) is 29.8 Å². The first-order valence-corrected chi connectivity index (χ1v) is 9.19. The second kappa shape index (κ2) is 9.85.